The average molecular weight is 343 g/mol. The monoisotopic (exact) mass is 342 g/mol. The Labute approximate surface area is 127 Å². The summed E-state index contributed by atoms with van der Waals surface area (Å²) in [6.07, 6.45) is 3.49. The lowest BCUT2D eigenvalue weighted by atomic mass is 10.0. The smallest absolute Gasteiger partial charge is 0.255 e. The van der Waals surface area contributed by atoms with Gasteiger partial charge in [-0.15, -0.1) is 0 Å². The minimum absolute atomic E-state index is 0.119. The molecule has 2 rings (SSSR count). The second kappa shape index (κ2) is 7.18. The normalized spacial score (nSPS) is 18.9. The predicted molar refractivity (Wildman–Crippen MR) is 81.3 cm³/mol. The maximum absolute atomic E-state index is 13.5. The highest BCUT2D eigenvalue weighted by atomic mass is 79.9. The molecule has 1 aliphatic rings. The summed E-state index contributed by atoms with van der Waals surface area (Å²) in [5.41, 5.74) is 0.391. The summed E-state index contributed by atoms with van der Waals surface area (Å²) < 4.78 is 13.8. The number of hydrogen-bond acceptors (Lipinski definition) is 2. The van der Waals surface area contributed by atoms with E-state index in [-0.39, 0.29) is 10.4 Å². The molecule has 20 heavy (non-hydrogen) atoms. The number of carbonyl (C=O) groups is 1. The SMILES string of the molecule is CCN(CC1CCCCN1)C(=O)c1cccc(F)c1Br. The van der Waals surface area contributed by atoms with Crippen molar-refractivity contribution in [3.8, 4) is 0 Å². The Morgan fingerprint density at radius 2 is 2.30 bits per heavy atom. The third-order valence-electron chi connectivity index (χ3n) is 3.70. The second-order valence-electron chi connectivity index (χ2n) is 5.09. The first kappa shape index (κ1) is 15.4. The summed E-state index contributed by atoms with van der Waals surface area (Å²) in [7, 11) is 0. The van der Waals surface area contributed by atoms with Crippen molar-refractivity contribution in [1.29, 1.82) is 0 Å². The number of likely N-dealkylation sites (N-methyl/N-ethyl adjacent to an activating group) is 1. The Hall–Kier alpha value is -0.940. The minimum Gasteiger partial charge on any atom is -0.337 e. The number of amides is 1. The van der Waals surface area contributed by atoms with Gasteiger partial charge in [0.25, 0.3) is 5.91 Å². The van der Waals surface area contributed by atoms with Gasteiger partial charge in [0.15, 0.2) is 0 Å². The predicted octanol–water partition coefficient (Wildman–Crippen LogP) is 3.19. The molecule has 1 N–H and O–H groups in total. The van der Waals surface area contributed by atoms with E-state index in [1.54, 1.807) is 17.0 Å². The van der Waals surface area contributed by atoms with Gasteiger partial charge in [0.2, 0.25) is 0 Å². The van der Waals surface area contributed by atoms with Gasteiger partial charge in [-0.05, 0) is 54.4 Å². The van der Waals surface area contributed by atoms with Gasteiger partial charge in [-0.3, -0.25) is 4.79 Å². The molecule has 0 radical (unpaired) electrons. The number of nitrogens with one attached hydrogen (secondary N) is 1. The van der Waals surface area contributed by atoms with E-state index in [0.29, 0.717) is 24.7 Å². The lowest BCUT2D eigenvalue weighted by Crippen LogP contribution is -2.45. The van der Waals surface area contributed by atoms with E-state index < -0.39 is 5.82 Å². The molecule has 5 heteroatoms. The molecule has 0 aromatic heterocycles. The third kappa shape index (κ3) is 3.58. The zero-order chi connectivity index (χ0) is 14.5. The van der Waals surface area contributed by atoms with Crippen LogP contribution in [-0.2, 0) is 0 Å². The summed E-state index contributed by atoms with van der Waals surface area (Å²) in [6, 6.07) is 4.92. The summed E-state index contributed by atoms with van der Waals surface area (Å²) in [5.74, 6) is -0.519. The number of carbonyl (C=O) groups excluding carboxylic acids is 1. The largest absolute Gasteiger partial charge is 0.337 e. The molecule has 1 atom stereocenters. The molecule has 0 aliphatic carbocycles. The fourth-order valence-corrected chi connectivity index (χ4v) is 2.97. The van der Waals surface area contributed by atoms with E-state index in [4.69, 9.17) is 0 Å². The molecule has 0 saturated carbocycles. The van der Waals surface area contributed by atoms with Crippen molar-refractivity contribution in [2.24, 2.45) is 0 Å². The summed E-state index contributed by atoms with van der Waals surface area (Å²) >= 11 is 3.17. The summed E-state index contributed by atoms with van der Waals surface area (Å²) in [6.45, 7) is 4.27. The molecule has 110 valence electrons. The van der Waals surface area contributed by atoms with Crippen LogP contribution in [0.15, 0.2) is 22.7 Å². The van der Waals surface area contributed by atoms with Gasteiger partial charge < -0.3 is 10.2 Å². The standard InChI is InChI=1S/C15H20BrFN2O/c1-2-19(10-11-6-3-4-9-18-11)15(20)12-7-5-8-13(17)14(12)16/h5,7-8,11,18H,2-4,6,9-10H2,1H3. The molecule has 1 aromatic rings. The van der Waals surface area contributed by atoms with Crippen molar-refractivity contribution in [3.63, 3.8) is 0 Å². The van der Waals surface area contributed by atoms with Gasteiger partial charge in [-0.1, -0.05) is 12.5 Å². The van der Waals surface area contributed by atoms with Gasteiger partial charge >= 0.3 is 0 Å². The summed E-state index contributed by atoms with van der Waals surface area (Å²) in [4.78, 5) is 14.3. The van der Waals surface area contributed by atoms with Crippen LogP contribution >= 0.6 is 15.9 Å². The Bertz CT molecular complexity index is 475. The van der Waals surface area contributed by atoms with Gasteiger partial charge in [0.05, 0.1) is 10.0 Å². The van der Waals surface area contributed by atoms with E-state index in [1.165, 1.54) is 18.9 Å². The van der Waals surface area contributed by atoms with Crippen LogP contribution in [0.2, 0.25) is 0 Å². The van der Waals surface area contributed by atoms with Crippen LogP contribution < -0.4 is 5.32 Å². The highest BCUT2D eigenvalue weighted by Crippen LogP contribution is 2.22. The molecule has 1 aromatic carbocycles. The van der Waals surface area contributed by atoms with E-state index in [1.807, 2.05) is 6.92 Å². The Kier molecular flexibility index (Phi) is 5.54. The van der Waals surface area contributed by atoms with E-state index >= 15 is 0 Å². The zero-order valence-electron chi connectivity index (χ0n) is 11.7. The van der Waals surface area contributed by atoms with Crippen LogP contribution in [0.1, 0.15) is 36.5 Å². The fourth-order valence-electron chi connectivity index (χ4n) is 2.54. The van der Waals surface area contributed by atoms with Crippen molar-refractivity contribution in [1.82, 2.24) is 10.2 Å². The number of piperidine rings is 1. The topological polar surface area (TPSA) is 32.3 Å². The molecule has 0 spiro atoms. The van der Waals surface area contributed by atoms with Crippen LogP contribution in [0.3, 0.4) is 0 Å². The molecule has 0 bridgehead atoms. The van der Waals surface area contributed by atoms with E-state index in [9.17, 15) is 9.18 Å². The Morgan fingerprint density at radius 1 is 1.50 bits per heavy atom. The van der Waals surface area contributed by atoms with E-state index in [0.717, 1.165) is 13.0 Å². The first-order valence-electron chi connectivity index (χ1n) is 7.10. The molecule has 1 amide bonds. The third-order valence-corrected chi connectivity index (χ3v) is 4.51. The fraction of sp³-hybridized carbons (Fsp3) is 0.533. The number of hydrogen-bond donors (Lipinski definition) is 1. The van der Waals surface area contributed by atoms with Crippen molar-refractivity contribution >= 4 is 21.8 Å². The van der Waals surface area contributed by atoms with Crippen LogP contribution in [0.4, 0.5) is 4.39 Å². The number of nitrogens with zero attached hydrogens (tertiary/aromatic N) is 1. The van der Waals surface area contributed by atoms with Crippen LogP contribution in [0.5, 0.6) is 0 Å². The Balaban J connectivity index is 2.10. The lowest BCUT2D eigenvalue weighted by Gasteiger charge is -2.30. The van der Waals surface area contributed by atoms with Crippen LogP contribution in [0, 0.1) is 5.82 Å². The van der Waals surface area contributed by atoms with Gasteiger partial charge in [0, 0.05) is 19.1 Å². The van der Waals surface area contributed by atoms with Crippen LogP contribution in [-0.4, -0.2) is 36.5 Å². The van der Waals surface area contributed by atoms with Gasteiger partial charge in [-0.25, -0.2) is 4.39 Å². The number of rotatable bonds is 4. The van der Waals surface area contributed by atoms with Crippen molar-refractivity contribution in [2.45, 2.75) is 32.2 Å². The molecule has 1 heterocycles. The highest BCUT2D eigenvalue weighted by Gasteiger charge is 2.22. The molecule has 3 nitrogen and oxygen atoms in total. The Morgan fingerprint density at radius 3 is 2.95 bits per heavy atom. The molecule has 1 saturated heterocycles. The zero-order valence-corrected chi connectivity index (χ0v) is 13.2. The number of benzene rings is 1. The minimum atomic E-state index is -0.400. The highest BCUT2D eigenvalue weighted by molar-refractivity contribution is 9.10. The van der Waals surface area contributed by atoms with Crippen molar-refractivity contribution in [3.05, 3.63) is 34.1 Å². The van der Waals surface area contributed by atoms with Crippen molar-refractivity contribution in [2.75, 3.05) is 19.6 Å². The van der Waals surface area contributed by atoms with E-state index in [2.05, 4.69) is 21.2 Å². The first-order chi connectivity index (χ1) is 9.63. The van der Waals surface area contributed by atoms with Gasteiger partial charge in [-0.2, -0.15) is 0 Å². The average Bonchev–Trinajstić information content (AvgIpc) is 2.48. The molecule has 1 fully saturated rings. The van der Waals surface area contributed by atoms with Crippen LogP contribution in [0.25, 0.3) is 0 Å². The number of halogens is 2. The molecule has 1 aliphatic heterocycles. The second-order valence-corrected chi connectivity index (χ2v) is 5.88. The maximum Gasteiger partial charge on any atom is 0.255 e. The summed E-state index contributed by atoms with van der Waals surface area (Å²) in [5, 5.41) is 3.44. The first-order valence-corrected chi connectivity index (χ1v) is 7.89. The lowest BCUT2D eigenvalue weighted by molar-refractivity contribution is 0.0740. The van der Waals surface area contributed by atoms with Crippen molar-refractivity contribution < 1.29 is 9.18 Å². The molecule has 1 unspecified atom stereocenters. The van der Waals surface area contributed by atoms with Gasteiger partial charge in [0.1, 0.15) is 5.82 Å². The molecular formula is C15H20BrFN2O. The molecular weight excluding hydrogens is 323 g/mol. The quantitative estimate of drug-likeness (QED) is 0.911. The maximum atomic E-state index is 13.5.